The predicted molar refractivity (Wildman–Crippen MR) is 83.3 cm³/mol. The first-order chi connectivity index (χ1) is 10.6. The minimum absolute atomic E-state index is 0.00439. The molecular weight excluding hydrogens is 284 g/mol. The third-order valence-corrected chi connectivity index (χ3v) is 3.56. The zero-order valence-corrected chi connectivity index (χ0v) is 13.2. The number of hydrogen-bond donors (Lipinski definition) is 1. The van der Waals surface area contributed by atoms with Gasteiger partial charge in [-0.1, -0.05) is 32.1 Å². The quantitative estimate of drug-likeness (QED) is 0.785. The van der Waals surface area contributed by atoms with Gasteiger partial charge in [-0.15, -0.1) is 0 Å². The Bertz CT molecular complexity index is 474. The normalized spacial score (nSPS) is 25.0. The van der Waals surface area contributed by atoms with Crippen LogP contribution in [0.5, 0.6) is 5.75 Å². The maximum Gasteiger partial charge on any atom is 0.198 e. The second-order valence-electron chi connectivity index (χ2n) is 5.48. The van der Waals surface area contributed by atoms with E-state index in [1.807, 2.05) is 31.2 Å². The smallest absolute Gasteiger partial charge is 0.198 e. The van der Waals surface area contributed by atoms with Crippen LogP contribution in [-0.2, 0) is 14.5 Å². The molecule has 2 unspecified atom stereocenters. The van der Waals surface area contributed by atoms with E-state index >= 15 is 0 Å². The molecular formula is C17H24O5. The fraction of sp³-hybridized carbons (Fsp3) is 0.529. The maximum atomic E-state index is 8.74. The number of benzene rings is 1. The number of ether oxygens (including phenoxy) is 2. The first kappa shape index (κ1) is 17.0. The summed E-state index contributed by atoms with van der Waals surface area (Å²) in [7, 11) is 0. The topological polar surface area (TPSA) is 57.2 Å². The van der Waals surface area contributed by atoms with Crippen LogP contribution in [0, 0.1) is 0 Å². The van der Waals surface area contributed by atoms with E-state index in [2.05, 4.69) is 13.5 Å². The van der Waals surface area contributed by atoms with E-state index in [0.29, 0.717) is 12.4 Å². The van der Waals surface area contributed by atoms with Crippen molar-refractivity contribution in [3.63, 3.8) is 0 Å². The highest BCUT2D eigenvalue weighted by molar-refractivity contribution is 5.67. The largest absolute Gasteiger partial charge is 0.491 e. The number of hydrogen-bond acceptors (Lipinski definition) is 5. The highest BCUT2D eigenvalue weighted by atomic mass is 17.2. The van der Waals surface area contributed by atoms with Gasteiger partial charge in [0, 0.05) is 6.42 Å². The first-order valence-electron chi connectivity index (χ1n) is 7.59. The molecule has 0 radical (unpaired) electrons. The van der Waals surface area contributed by atoms with Crippen LogP contribution in [0.2, 0.25) is 0 Å². The monoisotopic (exact) mass is 308 g/mol. The lowest BCUT2D eigenvalue weighted by atomic mass is 10.0. The van der Waals surface area contributed by atoms with E-state index in [1.165, 1.54) is 0 Å². The molecule has 1 aromatic rings. The molecule has 5 nitrogen and oxygen atoms in total. The zero-order valence-electron chi connectivity index (χ0n) is 13.2. The third-order valence-electron chi connectivity index (χ3n) is 3.56. The highest BCUT2D eigenvalue weighted by Gasteiger charge is 2.35. The molecule has 0 aliphatic carbocycles. The Hall–Kier alpha value is -1.40. The summed E-state index contributed by atoms with van der Waals surface area (Å²) in [6.07, 6.45) is 1.42. The van der Waals surface area contributed by atoms with Crippen LogP contribution >= 0.6 is 0 Å². The molecule has 1 aliphatic heterocycles. The fourth-order valence-electron chi connectivity index (χ4n) is 2.30. The van der Waals surface area contributed by atoms with Crippen LogP contribution in [-0.4, -0.2) is 36.8 Å². The summed E-state index contributed by atoms with van der Waals surface area (Å²) in [6.45, 7) is 8.71. The molecule has 1 aliphatic rings. The van der Waals surface area contributed by atoms with Crippen molar-refractivity contribution in [3.05, 3.63) is 36.4 Å². The summed E-state index contributed by atoms with van der Waals surface area (Å²) in [5.41, 5.74) is 1.74. The Labute approximate surface area is 131 Å². The molecule has 0 spiro atoms. The molecule has 1 N–H and O–H groups in total. The molecule has 1 aromatic carbocycles. The number of aliphatic hydroxyl groups excluding tert-OH is 1. The molecule has 1 heterocycles. The van der Waals surface area contributed by atoms with Gasteiger partial charge in [-0.3, -0.25) is 0 Å². The molecule has 122 valence electrons. The molecule has 1 fully saturated rings. The van der Waals surface area contributed by atoms with Gasteiger partial charge < -0.3 is 14.6 Å². The standard InChI is InChI=1S/C17H24O5/c1-4-9-17(3)20-12-16(21-22-17)13(2)14-5-7-15(8-6-14)19-11-10-18/h5-8,16,18H,2,4,9-12H2,1,3H3. The first-order valence-corrected chi connectivity index (χ1v) is 7.59. The number of rotatable bonds is 7. The summed E-state index contributed by atoms with van der Waals surface area (Å²) in [5.74, 6) is 0.0336. The minimum atomic E-state index is -0.673. The average molecular weight is 308 g/mol. The zero-order chi connectivity index (χ0) is 16.0. The van der Waals surface area contributed by atoms with E-state index < -0.39 is 5.79 Å². The van der Waals surface area contributed by atoms with Crippen molar-refractivity contribution in [1.82, 2.24) is 0 Å². The van der Waals surface area contributed by atoms with Gasteiger partial charge in [0.15, 0.2) is 5.79 Å². The maximum absolute atomic E-state index is 8.74. The molecule has 5 heteroatoms. The van der Waals surface area contributed by atoms with Gasteiger partial charge in [0.05, 0.1) is 13.2 Å². The van der Waals surface area contributed by atoms with Crippen molar-refractivity contribution in [3.8, 4) is 5.75 Å². The Morgan fingerprint density at radius 1 is 1.41 bits per heavy atom. The van der Waals surface area contributed by atoms with Crippen LogP contribution < -0.4 is 4.74 Å². The molecule has 2 rings (SSSR count). The molecule has 0 bridgehead atoms. The molecule has 1 saturated heterocycles. The summed E-state index contributed by atoms with van der Waals surface area (Å²) in [5, 5.41) is 8.74. The van der Waals surface area contributed by atoms with Crippen molar-refractivity contribution in [1.29, 1.82) is 0 Å². The Balaban J connectivity index is 1.92. The van der Waals surface area contributed by atoms with Crippen molar-refractivity contribution >= 4 is 5.57 Å². The van der Waals surface area contributed by atoms with E-state index in [-0.39, 0.29) is 19.3 Å². The van der Waals surface area contributed by atoms with Crippen LogP contribution in [0.15, 0.2) is 30.8 Å². The van der Waals surface area contributed by atoms with Crippen molar-refractivity contribution in [2.45, 2.75) is 38.6 Å². The van der Waals surface area contributed by atoms with Gasteiger partial charge in [-0.05, 0) is 30.2 Å². The molecule has 2 atom stereocenters. The van der Waals surface area contributed by atoms with E-state index in [4.69, 9.17) is 24.4 Å². The summed E-state index contributed by atoms with van der Waals surface area (Å²) in [6, 6.07) is 7.47. The van der Waals surface area contributed by atoms with Gasteiger partial charge in [0.2, 0.25) is 0 Å². The Morgan fingerprint density at radius 3 is 2.68 bits per heavy atom. The van der Waals surface area contributed by atoms with Crippen LogP contribution in [0.25, 0.3) is 5.57 Å². The van der Waals surface area contributed by atoms with Crippen molar-refractivity contribution < 1.29 is 24.4 Å². The Kier molecular flexibility index (Phi) is 5.97. The van der Waals surface area contributed by atoms with Gasteiger partial charge in [0.25, 0.3) is 0 Å². The van der Waals surface area contributed by atoms with Crippen LogP contribution in [0.1, 0.15) is 32.3 Å². The average Bonchev–Trinajstić information content (AvgIpc) is 2.53. The van der Waals surface area contributed by atoms with Crippen molar-refractivity contribution in [2.75, 3.05) is 19.8 Å². The summed E-state index contributed by atoms with van der Waals surface area (Å²) < 4.78 is 11.1. The Morgan fingerprint density at radius 2 is 2.14 bits per heavy atom. The number of aliphatic hydroxyl groups is 1. The molecule has 22 heavy (non-hydrogen) atoms. The minimum Gasteiger partial charge on any atom is -0.491 e. The summed E-state index contributed by atoms with van der Waals surface area (Å²) >= 11 is 0. The lowest BCUT2D eigenvalue weighted by molar-refractivity contribution is -0.474. The second-order valence-corrected chi connectivity index (χ2v) is 5.48. The van der Waals surface area contributed by atoms with E-state index in [9.17, 15) is 0 Å². The van der Waals surface area contributed by atoms with Gasteiger partial charge >= 0.3 is 0 Å². The van der Waals surface area contributed by atoms with Crippen LogP contribution in [0.3, 0.4) is 0 Å². The molecule has 0 aromatic heterocycles. The van der Waals surface area contributed by atoms with Crippen LogP contribution in [0.4, 0.5) is 0 Å². The SMILES string of the molecule is C=C(c1ccc(OCCO)cc1)C1COC(C)(CCC)OO1. The van der Waals surface area contributed by atoms with Crippen molar-refractivity contribution in [2.24, 2.45) is 0 Å². The highest BCUT2D eigenvalue weighted by Crippen LogP contribution is 2.30. The lowest BCUT2D eigenvalue weighted by Gasteiger charge is -2.36. The van der Waals surface area contributed by atoms with Gasteiger partial charge in [-0.25, -0.2) is 9.78 Å². The molecule has 0 saturated carbocycles. The molecule has 0 amide bonds. The van der Waals surface area contributed by atoms with E-state index in [0.717, 1.165) is 24.0 Å². The van der Waals surface area contributed by atoms with Gasteiger partial charge in [-0.2, -0.15) is 0 Å². The lowest BCUT2D eigenvalue weighted by Crippen LogP contribution is -2.43. The fourth-order valence-corrected chi connectivity index (χ4v) is 2.30. The predicted octanol–water partition coefficient (Wildman–Crippen LogP) is 2.93. The summed E-state index contributed by atoms with van der Waals surface area (Å²) in [4.78, 5) is 10.9. The second kappa shape index (κ2) is 7.74. The van der Waals surface area contributed by atoms with E-state index in [1.54, 1.807) is 0 Å². The van der Waals surface area contributed by atoms with Gasteiger partial charge in [0.1, 0.15) is 18.5 Å². The third kappa shape index (κ3) is 4.30.